The molecule has 0 aliphatic heterocycles. The molecule has 1 aromatic carbocycles. The van der Waals surface area contributed by atoms with Crippen LogP contribution in [-0.2, 0) is 16.1 Å². The molecule has 0 fully saturated rings. The van der Waals surface area contributed by atoms with Crippen LogP contribution in [0.3, 0.4) is 0 Å². The summed E-state index contributed by atoms with van der Waals surface area (Å²) < 4.78 is 5.17. The SMILES string of the molecule is CC(C)(CC(Cl)C(C)(C)C(=O)O)NC(=O)OCc1ccccc1. The quantitative estimate of drug-likeness (QED) is 0.740. The lowest BCUT2D eigenvalue weighted by atomic mass is 9.82. The van der Waals surface area contributed by atoms with Crippen molar-refractivity contribution in [2.45, 2.75) is 51.6 Å². The van der Waals surface area contributed by atoms with Crippen molar-refractivity contribution >= 4 is 23.7 Å². The Hall–Kier alpha value is -1.75. The van der Waals surface area contributed by atoms with Gasteiger partial charge in [0.25, 0.3) is 0 Å². The second-order valence-corrected chi connectivity index (χ2v) is 7.30. The fraction of sp³-hybridized carbons (Fsp3) is 0.529. The largest absolute Gasteiger partial charge is 0.481 e. The molecule has 1 atom stereocenters. The Kier molecular flexibility index (Phi) is 6.45. The Labute approximate surface area is 142 Å². The minimum Gasteiger partial charge on any atom is -0.481 e. The highest BCUT2D eigenvalue weighted by atomic mass is 35.5. The van der Waals surface area contributed by atoms with E-state index in [0.29, 0.717) is 6.42 Å². The molecular formula is C17H24ClNO4. The number of carbonyl (C=O) groups excluding carboxylic acids is 1. The van der Waals surface area contributed by atoms with Gasteiger partial charge in [-0.1, -0.05) is 30.3 Å². The van der Waals surface area contributed by atoms with Gasteiger partial charge in [0.2, 0.25) is 0 Å². The highest BCUT2D eigenvalue weighted by Gasteiger charge is 2.39. The van der Waals surface area contributed by atoms with Crippen molar-refractivity contribution in [1.29, 1.82) is 0 Å². The molecule has 5 nitrogen and oxygen atoms in total. The van der Waals surface area contributed by atoms with E-state index in [1.54, 1.807) is 27.7 Å². The van der Waals surface area contributed by atoms with E-state index in [1.165, 1.54) is 0 Å². The predicted molar refractivity (Wildman–Crippen MR) is 89.5 cm³/mol. The van der Waals surface area contributed by atoms with E-state index in [-0.39, 0.29) is 6.61 Å². The molecule has 23 heavy (non-hydrogen) atoms. The molecule has 1 rings (SSSR count). The molecule has 0 aromatic heterocycles. The van der Waals surface area contributed by atoms with Crippen LogP contribution < -0.4 is 5.32 Å². The monoisotopic (exact) mass is 341 g/mol. The molecule has 0 spiro atoms. The number of rotatable bonds is 7. The van der Waals surface area contributed by atoms with Gasteiger partial charge < -0.3 is 15.2 Å². The zero-order chi connectivity index (χ0) is 17.7. The number of alkyl halides is 1. The number of amides is 1. The Morgan fingerprint density at radius 3 is 2.30 bits per heavy atom. The van der Waals surface area contributed by atoms with Gasteiger partial charge in [-0.2, -0.15) is 0 Å². The van der Waals surface area contributed by atoms with Gasteiger partial charge in [-0.3, -0.25) is 4.79 Å². The number of carbonyl (C=O) groups is 2. The molecule has 128 valence electrons. The van der Waals surface area contributed by atoms with Gasteiger partial charge in [-0.15, -0.1) is 11.6 Å². The van der Waals surface area contributed by atoms with Crippen LogP contribution in [0.2, 0.25) is 0 Å². The first-order chi connectivity index (χ1) is 10.5. The number of carboxylic acid groups (broad SMARTS) is 1. The minimum absolute atomic E-state index is 0.174. The summed E-state index contributed by atoms with van der Waals surface area (Å²) in [4.78, 5) is 23.1. The highest BCUT2D eigenvalue weighted by molar-refractivity contribution is 6.22. The molecule has 2 N–H and O–H groups in total. The third-order valence-electron chi connectivity index (χ3n) is 3.68. The van der Waals surface area contributed by atoms with Crippen LogP contribution in [0.15, 0.2) is 30.3 Å². The van der Waals surface area contributed by atoms with Crippen molar-refractivity contribution < 1.29 is 19.4 Å². The molecule has 1 unspecified atom stereocenters. The van der Waals surface area contributed by atoms with Crippen molar-refractivity contribution in [3.8, 4) is 0 Å². The highest BCUT2D eigenvalue weighted by Crippen LogP contribution is 2.32. The number of hydrogen-bond acceptors (Lipinski definition) is 3. The zero-order valence-corrected chi connectivity index (χ0v) is 14.7. The number of benzene rings is 1. The van der Waals surface area contributed by atoms with E-state index < -0.39 is 28.4 Å². The first-order valence-electron chi connectivity index (χ1n) is 7.41. The van der Waals surface area contributed by atoms with Crippen molar-refractivity contribution in [3.63, 3.8) is 0 Å². The lowest BCUT2D eigenvalue weighted by molar-refractivity contribution is -0.147. The van der Waals surface area contributed by atoms with Crippen LogP contribution in [0, 0.1) is 5.41 Å². The van der Waals surface area contributed by atoms with Gasteiger partial charge in [0.05, 0.1) is 10.8 Å². The van der Waals surface area contributed by atoms with Gasteiger partial charge in [0.1, 0.15) is 6.61 Å². The Morgan fingerprint density at radius 2 is 1.78 bits per heavy atom. The fourth-order valence-electron chi connectivity index (χ4n) is 1.92. The summed E-state index contributed by atoms with van der Waals surface area (Å²) in [6, 6.07) is 9.35. The van der Waals surface area contributed by atoms with Gasteiger partial charge in [0, 0.05) is 5.54 Å². The molecule has 6 heteroatoms. The Balaban J connectivity index is 2.53. The van der Waals surface area contributed by atoms with Crippen molar-refractivity contribution in [3.05, 3.63) is 35.9 Å². The molecular weight excluding hydrogens is 318 g/mol. The van der Waals surface area contributed by atoms with E-state index in [1.807, 2.05) is 30.3 Å². The van der Waals surface area contributed by atoms with Crippen LogP contribution in [0.4, 0.5) is 4.79 Å². The Bertz CT molecular complexity index is 543. The smallest absolute Gasteiger partial charge is 0.407 e. The van der Waals surface area contributed by atoms with Crippen LogP contribution in [0.5, 0.6) is 0 Å². The number of nitrogens with one attached hydrogen (secondary N) is 1. The summed E-state index contributed by atoms with van der Waals surface area (Å²) in [6.07, 6.45) is -0.260. The van der Waals surface area contributed by atoms with E-state index in [4.69, 9.17) is 16.3 Å². The summed E-state index contributed by atoms with van der Waals surface area (Å²) in [5.41, 5.74) is -0.885. The minimum atomic E-state index is -1.09. The molecule has 0 radical (unpaired) electrons. The van der Waals surface area contributed by atoms with Crippen LogP contribution in [0.25, 0.3) is 0 Å². The van der Waals surface area contributed by atoms with E-state index in [0.717, 1.165) is 5.56 Å². The van der Waals surface area contributed by atoms with E-state index in [9.17, 15) is 14.7 Å². The van der Waals surface area contributed by atoms with Gasteiger partial charge in [-0.05, 0) is 39.7 Å². The van der Waals surface area contributed by atoms with Crippen molar-refractivity contribution in [2.75, 3.05) is 0 Å². The first kappa shape index (κ1) is 19.3. The molecule has 0 aliphatic rings. The van der Waals surface area contributed by atoms with Gasteiger partial charge >= 0.3 is 12.1 Å². The number of halogens is 1. The lowest BCUT2D eigenvalue weighted by Crippen LogP contribution is -2.48. The molecule has 0 saturated carbocycles. The topological polar surface area (TPSA) is 75.6 Å². The number of aliphatic carboxylic acids is 1. The Morgan fingerprint density at radius 1 is 1.22 bits per heavy atom. The maximum atomic E-state index is 11.9. The zero-order valence-electron chi connectivity index (χ0n) is 13.9. The summed E-state index contributed by atoms with van der Waals surface area (Å²) >= 11 is 6.24. The molecule has 0 heterocycles. The normalized spacial score (nSPS) is 13.3. The standard InChI is InChI=1S/C17H24ClNO4/c1-16(2,10-13(18)17(3,4)14(20)21)19-15(22)23-11-12-8-6-5-7-9-12/h5-9,13H,10-11H2,1-4H3,(H,19,22)(H,20,21). The predicted octanol–water partition coefficient (Wildman–Crippen LogP) is 3.80. The molecule has 0 bridgehead atoms. The van der Waals surface area contributed by atoms with Crippen molar-refractivity contribution in [1.82, 2.24) is 5.32 Å². The average Bonchev–Trinajstić information content (AvgIpc) is 2.45. The molecule has 1 aromatic rings. The van der Waals surface area contributed by atoms with Crippen molar-refractivity contribution in [2.24, 2.45) is 5.41 Å². The van der Waals surface area contributed by atoms with Crippen LogP contribution in [-0.4, -0.2) is 28.1 Å². The molecule has 0 aliphatic carbocycles. The van der Waals surface area contributed by atoms with Gasteiger partial charge in [-0.25, -0.2) is 4.79 Å². The fourth-order valence-corrected chi connectivity index (χ4v) is 2.40. The summed E-state index contributed by atoms with van der Waals surface area (Å²) in [6.45, 7) is 6.87. The number of hydrogen-bond donors (Lipinski definition) is 2. The van der Waals surface area contributed by atoms with E-state index in [2.05, 4.69) is 5.32 Å². The number of alkyl carbamates (subject to hydrolysis) is 1. The number of ether oxygens (including phenoxy) is 1. The lowest BCUT2D eigenvalue weighted by Gasteiger charge is -2.33. The maximum absolute atomic E-state index is 11.9. The third kappa shape index (κ3) is 6.10. The third-order valence-corrected chi connectivity index (χ3v) is 4.38. The average molecular weight is 342 g/mol. The first-order valence-corrected chi connectivity index (χ1v) is 7.84. The maximum Gasteiger partial charge on any atom is 0.407 e. The molecule has 0 saturated heterocycles. The summed E-state index contributed by atoms with van der Waals surface area (Å²) in [5, 5.41) is 11.3. The van der Waals surface area contributed by atoms with Crippen LogP contribution >= 0.6 is 11.6 Å². The van der Waals surface area contributed by atoms with E-state index >= 15 is 0 Å². The second-order valence-electron chi connectivity index (χ2n) is 6.77. The summed E-state index contributed by atoms with van der Waals surface area (Å²) in [7, 11) is 0. The van der Waals surface area contributed by atoms with Crippen LogP contribution in [0.1, 0.15) is 39.7 Å². The summed E-state index contributed by atoms with van der Waals surface area (Å²) in [5.74, 6) is -0.972. The second kappa shape index (κ2) is 7.68. The van der Waals surface area contributed by atoms with Gasteiger partial charge in [0.15, 0.2) is 0 Å². The number of carboxylic acids is 1. The molecule has 1 amide bonds.